The first-order valence-electron chi connectivity index (χ1n) is 6.64. The summed E-state index contributed by atoms with van der Waals surface area (Å²) in [5.74, 6) is 1.65. The van der Waals surface area contributed by atoms with Gasteiger partial charge >= 0.3 is 0 Å². The lowest BCUT2D eigenvalue weighted by atomic mass is 10.2. The monoisotopic (exact) mass is 346 g/mol. The summed E-state index contributed by atoms with van der Waals surface area (Å²) in [4.78, 5) is 12.6. The Labute approximate surface area is 140 Å². The summed E-state index contributed by atoms with van der Waals surface area (Å²) in [5, 5.41) is 11.3. The maximum atomic E-state index is 5.76. The van der Waals surface area contributed by atoms with Crippen LogP contribution >= 0.6 is 23.1 Å². The minimum absolute atomic E-state index is 0.169. The van der Waals surface area contributed by atoms with Crippen molar-refractivity contribution in [1.82, 2.24) is 25.1 Å². The van der Waals surface area contributed by atoms with Crippen molar-refractivity contribution < 1.29 is 0 Å². The topological polar surface area (TPSA) is 129 Å². The summed E-state index contributed by atoms with van der Waals surface area (Å²) < 4.78 is 0.759. The van der Waals surface area contributed by atoms with Crippen molar-refractivity contribution >= 4 is 45.8 Å². The van der Waals surface area contributed by atoms with E-state index in [-0.39, 0.29) is 5.95 Å². The molecule has 3 aromatic rings. The molecule has 0 spiro atoms. The first kappa shape index (κ1) is 15.4. The molecule has 1 aromatic carbocycles. The van der Waals surface area contributed by atoms with Gasteiger partial charge in [-0.3, -0.25) is 0 Å². The molecule has 8 nitrogen and oxygen atoms in total. The molecular formula is C13H14N8S2. The summed E-state index contributed by atoms with van der Waals surface area (Å²) in [6.07, 6.45) is 0. The summed E-state index contributed by atoms with van der Waals surface area (Å²) in [5.41, 5.74) is 13.3. The van der Waals surface area contributed by atoms with Crippen molar-refractivity contribution in [3.8, 4) is 0 Å². The van der Waals surface area contributed by atoms with E-state index >= 15 is 0 Å². The molecule has 0 aliphatic rings. The Morgan fingerprint density at radius 3 is 2.78 bits per heavy atom. The normalized spacial score (nSPS) is 10.7. The molecule has 5 N–H and O–H groups in total. The Kier molecular flexibility index (Phi) is 4.53. The van der Waals surface area contributed by atoms with E-state index in [1.54, 1.807) is 0 Å². The van der Waals surface area contributed by atoms with Crippen LogP contribution in [-0.4, -0.2) is 25.1 Å². The quantitative estimate of drug-likeness (QED) is 0.595. The van der Waals surface area contributed by atoms with Crippen LogP contribution in [0.25, 0.3) is 0 Å². The van der Waals surface area contributed by atoms with Gasteiger partial charge in [0.1, 0.15) is 5.82 Å². The number of rotatable bonds is 5. The van der Waals surface area contributed by atoms with E-state index in [0.717, 1.165) is 15.6 Å². The first-order chi connectivity index (χ1) is 11.1. The number of aryl methyl sites for hydroxylation is 1. The number of aromatic nitrogens is 5. The van der Waals surface area contributed by atoms with Gasteiger partial charge in [-0.05, 0) is 24.6 Å². The number of thioether (sulfide) groups is 1. The largest absolute Gasteiger partial charge is 0.374 e. The fraction of sp³-hybridized carbons (Fsp3) is 0.154. The maximum absolute atomic E-state index is 5.76. The van der Waals surface area contributed by atoms with Gasteiger partial charge in [-0.2, -0.15) is 15.0 Å². The van der Waals surface area contributed by atoms with Gasteiger partial charge in [-0.15, -0.1) is 10.2 Å². The first-order valence-corrected chi connectivity index (χ1v) is 8.44. The summed E-state index contributed by atoms with van der Waals surface area (Å²) >= 11 is 2.77. The van der Waals surface area contributed by atoms with Gasteiger partial charge in [-0.1, -0.05) is 35.2 Å². The van der Waals surface area contributed by atoms with Gasteiger partial charge < -0.3 is 16.8 Å². The molecule has 0 saturated heterocycles. The molecule has 3 rings (SSSR count). The minimum atomic E-state index is 0.169. The van der Waals surface area contributed by atoms with E-state index in [4.69, 9.17) is 11.5 Å². The smallest absolute Gasteiger partial charge is 0.232 e. The number of nitrogens with two attached hydrogens (primary N) is 2. The molecule has 23 heavy (non-hydrogen) atoms. The van der Waals surface area contributed by atoms with E-state index in [0.29, 0.717) is 22.7 Å². The average molecular weight is 346 g/mol. The zero-order valence-corrected chi connectivity index (χ0v) is 13.9. The van der Waals surface area contributed by atoms with Crippen LogP contribution in [0.15, 0.2) is 28.6 Å². The van der Waals surface area contributed by atoms with Crippen molar-refractivity contribution in [3.05, 3.63) is 35.7 Å². The number of hydrogen-bond donors (Lipinski definition) is 3. The Hall–Kier alpha value is -2.46. The third kappa shape index (κ3) is 4.27. The fourth-order valence-electron chi connectivity index (χ4n) is 1.82. The molecule has 0 radical (unpaired) electrons. The molecule has 0 amide bonds. The van der Waals surface area contributed by atoms with Crippen molar-refractivity contribution in [2.75, 3.05) is 16.8 Å². The molecule has 2 heterocycles. The highest BCUT2D eigenvalue weighted by Crippen LogP contribution is 2.26. The van der Waals surface area contributed by atoms with Gasteiger partial charge in [0.25, 0.3) is 0 Å². The van der Waals surface area contributed by atoms with Crippen LogP contribution in [0, 0.1) is 6.92 Å². The highest BCUT2D eigenvalue weighted by Gasteiger charge is 2.08. The summed E-state index contributed by atoms with van der Waals surface area (Å²) in [7, 11) is 0. The fourth-order valence-corrected chi connectivity index (χ4v) is 3.31. The van der Waals surface area contributed by atoms with E-state index in [2.05, 4.69) is 30.5 Å². The number of nitrogens with one attached hydrogen (secondary N) is 1. The van der Waals surface area contributed by atoms with E-state index < -0.39 is 0 Å². The number of nitrogen functional groups attached to an aromatic ring is 2. The zero-order chi connectivity index (χ0) is 16.2. The maximum Gasteiger partial charge on any atom is 0.232 e. The Morgan fingerprint density at radius 2 is 2.04 bits per heavy atom. The Bertz CT molecular complexity index is 819. The van der Waals surface area contributed by atoms with Gasteiger partial charge in [0.05, 0.1) is 5.75 Å². The van der Waals surface area contributed by atoms with Crippen LogP contribution in [-0.2, 0) is 5.75 Å². The molecule has 0 fully saturated rings. The van der Waals surface area contributed by atoms with E-state index in [1.807, 2.05) is 31.2 Å². The van der Waals surface area contributed by atoms with Crippen molar-refractivity contribution in [2.24, 2.45) is 0 Å². The van der Waals surface area contributed by atoms with E-state index in [1.165, 1.54) is 23.1 Å². The molecule has 2 aromatic heterocycles. The van der Waals surface area contributed by atoms with Crippen molar-refractivity contribution in [1.29, 1.82) is 0 Å². The second-order valence-corrected chi connectivity index (χ2v) is 6.85. The van der Waals surface area contributed by atoms with Gasteiger partial charge in [-0.25, -0.2) is 0 Å². The lowest BCUT2D eigenvalue weighted by molar-refractivity contribution is 0.976. The molecule has 0 bridgehead atoms. The lowest BCUT2D eigenvalue weighted by Gasteiger charge is -2.07. The molecule has 0 aliphatic carbocycles. The molecule has 118 valence electrons. The molecule has 10 heteroatoms. The molecule has 0 aliphatic heterocycles. The number of nitrogens with zero attached hydrogens (tertiary/aromatic N) is 5. The molecule has 0 unspecified atom stereocenters. The van der Waals surface area contributed by atoms with E-state index in [9.17, 15) is 0 Å². The van der Waals surface area contributed by atoms with Crippen LogP contribution in [0.5, 0.6) is 0 Å². The van der Waals surface area contributed by atoms with Crippen molar-refractivity contribution in [2.45, 2.75) is 17.0 Å². The second-order valence-electron chi connectivity index (χ2n) is 4.62. The van der Waals surface area contributed by atoms with Gasteiger partial charge in [0.2, 0.25) is 17.0 Å². The highest BCUT2D eigenvalue weighted by atomic mass is 32.2. The summed E-state index contributed by atoms with van der Waals surface area (Å²) in [6, 6.07) is 7.91. The van der Waals surface area contributed by atoms with Crippen LogP contribution < -0.4 is 16.8 Å². The summed E-state index contributed by atoms with van der Waals surface area (Å²) in [6.45, 7) is 2.02. The minimum Gasteiger partial charge on any atom is -0.374 e. The molecule has 0 saturated carbocycles. The van der Waals surface area contributed by atoms with Crippen LogP contribution in [0.4, 0.5) is 22.7 Å². The van der Waals surface area contributed by atoms with Gasteiger partial charge in [0, 0.05) is 5.69 Å². The number of benzene rings is 1. The van der Waals surface area contributed by atoms with Crippen LogP contribution in [0.1, 0.15) is 11.4 Å². The Morgan fingerprint density at radius 1 is 1.17 bits per heavy atom. The SMILES string of the molecule is Cc1cccc(Nc2nc(N)nc(CSc3nnc(N)s3)n2)c1. The number of anilines is 4. The second kappa shape index (κ2) is 6.75. The zero-order valence-electron chi connectivity index (χ0n) is 12.2. The molecule has 0 atom stereocenters. The predicted molar refractivity (Wildman–Crippen MR) is 92.6 cm³/mol. The highest BCUT2D eigenvalue weighted by molar-refractivity contribution is 8.00. The third-order valence-electron chi connectivity index (χ3n) is 2.72. The van der Waals surface area contributed by atoms with Crippen LogP contribution in [0.2, 0.25) is 0 Å². The predicted octanol–water partition coefficient (Wildman–Crippen LogP) is 2.23. The third-order valence-corrected chi connectivity index (χ3v) is 4.60. The number of hydrogen-bond acceptors (Lipinski definition) is 10. The lowest BCUT2D eigenvalue weighted by Crippen LogP contribution is -2.06. The van der Waals surface area contributed by atoms with Crippen LogP contribution in [0.3, 0.4) is 0 Å². The van der Waals surface area contributed by atoms with Gasteiger partial charge in [0.15, 0.2) is 4.34 Å². The average Bonchev–Trinajstić information content (AvgIpc) is 2.90. The van der Waals surface area contributed by atoms with Crippen molar-refractivity contribution in [3.63, 3.8) is 0 Å². The standard InChI is InChI=1S/C13H14N8S2/c1-7-3-2-4-8(5-7)16-12-18-9(17-10(14)19-12)6-22-13-21-20-11(15)23-13/h2-5H,6H2,1H3,(H2,15,20)(H3,14,16,17,18,19). The molecular weight excluding hydrogens is 332 g/mol. The Balaban J connectivity index is 1.73.